The number of rotatable bonds is 2. The van der Waals surface area contributed by atoms with Crippen molar-refractivity contribution in [1.82, 2.24) is 10.3 Å². The first-order chi connectivity index (χ1) is 6.84. The highest BCUT2D eigenvalue weighted by atomic mass is 15.4. The molecule has 0 amide bonds. The van der Waals surface area contributed by atoms with Crippen LogP contribution < -0.4 is 11.2 Å². The van der Waals surface area contributed by atoms with Crippen molar-refractivity contribution in [2.45, 2.75) is 31.3 Å². The van der Waals surface area contributed by atoms with Crippen LogP contribution in [0.25, 0.3) is 0 Å². The summed E-state index contributed by atoms with van der Waals surface area (Å²) in [5.41, 5.74) is 0. The zero-order valence-electron chi connectivity index (χ0n) is 8.52. The van der Waals surface area contributed by atoms with Crippen molar-refractivity contribution in [3.05, 3.63) is 24.3 Å². The van der Waals surface area contributed by atoms with E-state index in [2.05, 4.69) is 29.6 Å². The molecule has 1 aliphatic carbocycles. The van der Waals surface area contributed by atoms with Gasteiger partial charge in [0.2, 0.25) is 0 Å². The van der Waals surface area contributed by atoms with Gasteiger partial charge in [0.25, 0.3) is 0 Å². The first-order valence-electron chi connectivity index (χ1n) is 5.43. The molecule has 0 bridgehead atoms. The number of nitrogens with one attached hydrogen (secondary N) is 1. The van der Waals surface area contributed by atoms with Gasteiger partial charge >= 0.3 is 0 Å². The Morgan fingerprint density at radius 2 is 2.00 bits per heavy atom. The van der Waals surface area contributed by atoms with E-state index in [9.17, 15) is 0 Å². The van der Waals surface area contributed by atoms with E-state index in [1.54, 1.807) is 0 Å². The molecule has 1 saturated heterocycles. The summed E-state index contributed by atoms with van der Waals surface area (Å²) in [5.74, 6) is 5.71. The maximum Gasteiger partial charge on any atom is 0.0290 e. The van der Waals surface area contributed by atoms with Crippen LogP contribution in [0.5, 0.6) is 0 Å². The second kappa shape index (κ2) is 4.73. The minimum absolute atomic E-state index is 0.536. The van der Waals surface area contributed by atoms with E-state index in [0.29, 0.717) is 12.1 Å². The lowest BCUT2D eigenvalue weighted by Crippen LogP contribution is -2.47. The normalized spacial score (nSPS) is 29.6. The third-order valence-corrected chi connectivity index (χ3v) is 2.96. The number of piperidine rings is 1. The summed E-state index contributed by atoms with van der Waals surface area (Å²) in [7, 11) is 0. The largest absolute Gasteiger partial charge is 0.307 e. The lowest BCUT2D eigenvalue weighted by molar-refractivity contribution is 0.198. The van der Waals surface area contributed by atoms with E-state index in [0.717, 1.165) is 19.5 Å². The molecule has 1 aliphatic heterocycles. The molecule has 1 fully saturated rings. The van der Waals surface area contributed by atoms with Crippen LogP contribution in [0.2, 0.25) is 0 Å². The molecule has 2 rings (SSSR count). The minimum Gasteiger partial charge on any atom is -0.307 e. The second-order valence-electron chi connectivity index (χ2n) is 4.13. The predicted octanol–water partition coefficient (Wildman–Crippen LogP) is 0.799. The van der Waals surface area contributed by atoms with Gasteiger partial charge in [-0.1, -0.05) is 24.3 Å². The van der Waals surface area contributed by atoms with Crippen LogP contribution in [0.4, 0.5) is 0 Å². The Hall–Kier alpha value is -0.640. The molecule has 1 heterocycles. The van der Waals surface area contributed by atoms with Crippen LogP contribution >= 0.6 is 0 Å². The Kier molecular flexibility index (Phi) is 3.35. The summed E-state index contributed by atoms with van der Waals surface area (Å²) in [6.45, 7) is 2.04. The molecule has 3 nitrogen and oxygen atoms in total. The Labute approximate surface area is 85.6 Å². The van der Waals surface area contributed by atoms with E-state index in [4.69, 9.17) is 5.84 Å². The highest BCUT2D eigenvalue weighted by molar-refractivity contribution is 5.13. The SMILES string of the molecule is NN1CCC(NC2C=CC=CC2)CC1. The Morgan fingerprint density at radius 1 is 1.21 bits per heavy atom. The third kappa shape index (κ3) is 2.67. The highest BCUT2D eigenvalue weighted by Gasteiger charge is 2.18. The van der Waals surface area contributed by atoms with Gasteiger partial charge < -0.3 is 5.32 Å². The van der Waals surface area contributed by atoms with Gasteiger partial charge in [0.05, 0.1) is 0 Å². The Balaban J connectivity index is 1.75. The van der Waals surface area contributed by atoms with Crippen molar-refractivity contribution in [3.63, 3.8) is 0 Å². The van der Waals surface area contributed by atoms with Gasteiger partial charge in [-0.05, 0) is 19.3 Å². The molecule has 2 aliphatic rings. The molecule has 14 heavy (non-hydrogen) atoms. The number of hydrogen-bond donors (Lipinski definition) is 2. The summed E-state index contributed by atoms with van der Waals surface area (Å²) in [5, 5.41) is 5.57. The van der Waals surface area contributed by atoms with Gasteiger partial charge in [-0.2, -0.15) is 0 Å². The molecule has 78 valence electrons. The third-order valence-electron chi connectivity index (χ3n) is 2.96. The number of nitrogens with two attached hydrogens (primary N) is 1. The van der Waals surface area contributed by atoms with Gasteiger partial charge in [0, 0.05) is 25.2 Å². The van der Waals surface area contributed by atoms with Crippen molar-refractivity contribution in [1.29, 1.82) is 0 Å². The van der Waals surface area contributed by atoms with Crippen LogP contribution in [0, 0.1) is 0 Å². The molecule has 0 saturated carbocycles. The van der Waals surface area contributed by atoms with Gasteiger partial charge in [-0.25, -0.2) is 5.01 Å². The Bertz CT molecular complexity index is 227. The number of hydrogen-bond acceptors (Lipinski definition) is 3. The van der Waals surface area contributed by atoms with Gasteiger partial charge in [0.15, 0.2) is 0 Å². The average Bonchev–Trinajstić information content (AvgIpc) is 2.23. The number of nitrogens with zero attached hydrogens (tertiary/aromatic N) is 1. The molecule has 0 aromatic heterocycles. The molecule has 3 N–H and O–H groups in total. The van der Waals surface area contributed by atoms with Crippen LogP contribution in [0.3, 0.4) is 0 Å². The molecular weight excluding hydrogens is 174 g/mol. The molecule has 3 heteroatoms. The zero-order valence-corrected chi connectivity index (χ0v) is 8.52. The van der Waals surface area contributed by atoms with E-state index >= 15 is 0 Å². The fourth-order valence-electron chi connectivity index (χ4n) is 2.07. The lowest BCUT2D eigenvalue weighted by Gasteiger charge is -2.31. The first kappa shape index (κ1) is 9.90. The van der Waals surface area contributed by atoms with Gasteiger partial charge in [-0.3, -0.25) is 5.84 Å². The van der Waals surface area contributed by atoms with Crippen molar-refractivity contribution in [2.75, 3.05) is 13.1 Å². The van der Waals surface area contributed by atoms with Crippen LogP contribution in [0.1, 0.15) is 19.3 Å². The fraction of sp³-hybridized carbons (Fsp3) is 0.636. The van der Waals surface area contributed by atoms with E-state index in [1.165, 1.54) is 12.8 Å². The summed E-state index contributed by atoms with van der Waals surface area (Å²) in [4.78, 5) is 0. The topological polar surface area (TPSA) is 41.3 Å². The molecule has 0 spiro atoms. The van der Waals surface area contributed by atoms with E-state index < -0.39 is 0 Å². The standard InChI is InChI=1S/C11H19N3/c12-14-8-6-11(7-9-14)13-10-4-2-1-3-5-10/h1-4,10-11,13H,5-9,12H2. The lowest BCUT2D eigenvalue weighted by atomic mass is 10.0. The summed E-state index contributed by atoms with van der Waals surface area (Å²) in [6.07, 6.45) is 12.2. The molecule has 1 atom stereocenters. The van der Waals surface area contributed by atoms with Crippen molar-refractivity contribution in [3.8, 4) is 0 Å². The first-order valence-corrected chi connectivity index (χ1v) is 5.43. The van der Waals surface area contributed by atoms with Crippen LogP contribution in [0.15, 0.2) is 24.3 Å². The second-order valence-corrected chi connectivity index (χ2v) is 4.13. The van der Waals surface area contributed by atoms with E-state index in [1.807, 2.05) is 5.01 Å². The van der Waals surface area contributed by atoms with E-state index in [-0.39, 0.29) is 0 Å². The summed E-state index contributed by atoms with van der Waals surface area (Å²) in [6, 6.07) is 1.19. The Morgan fingerprint density at radius 3 is 2.64 bits per heavy atom. The molecule has 0 aromatic carbocycles. The monoisotopic (exact) mass is 193 g/mol. The summed E-state index contributed by atoms with van der Waals surface area (Å²) >= 11 is 0. The highest BCUT2D eigenvalue weighted by Crippen LogP contribution is 2.11. The smallest absolute Gasteiger partial charge is 0.0290 e. The van der Waals surface area contributed by atoms with Crippen molar-refractivity contribution >= 4 is 0 Å². The molecule has 1 unspecified atom stereocenters. The number of hydrazine groups is 1. The van der Waals surface area contributed by atoms with Gasteiger partial charge in [0.1, 0.15) is 0 Å². The predicted molar refractivity (Wildman–Crippen MR) is 58.6 cm³/mol. The van der Waals surface area contributed by atoms with Crippen molar-refractivity contribution < 1.29 is 0 Å². The van der Waals surface area contributed by atoms with Gasteiger partial charge in [-0.15, -0.1) is 0 Å². The van der Waals surface area contributed by atoms with Crippen LogP contribution in [-0.4, -0.2) is 30.2 Å². The molecule has 0 aromatic rings. The summed E-state index contributed by atoms with van der Waals surface area (Å²) < 4.78 is 0. The molecular formula is C11H19N3. The quantitative estimate of drug-likeness (QED) is 0.637. The van der Waals surface area contributed by atoms with Crippen LogP contribution in [-0.2, 0) is 0 Å². The minimum atomic E-state index is 0.536. The molecule has 0 radical (unpaired) electrons. The van der Waals surface area contributed by atoms with Crippen molar-refractivity contribution in [2.24, 2.45) is 5.84 Å². The number of allylic oxidation sites excluding steroid dienone is 2. The average molecular weight is 193 g/mol. The zero-order chi connectivity index (χ0) is 9.80. The fourth-order valence-corrected chi connectivity index (χ4v) is 2.07. The maximum absolute atomic E-state index is 5.71. The maximum atomic E-state index is 5.71.